The lowest BCUT2D eigenvalue weighted by Gasteiger charge is -2.38. The topological polar surface area (TPSA) is 94.0 Å². The quantitative estimate of drug-likeness (QED) is 0.306. The Hall–Kier alpha value is -4.37. The molecule has 0 spiro atoms. The summed E-state index contributed by atoms with van der Waals surface area (Å²) in [7, 11) is 2.16. The summed E-state index contributed by atoms with van der Waals surface area (Å²) in [5, 5.41) is 7.36. The summed E-state index contributed by atoms with van der Waals surface area (Å²) in [6.45, 7) is 7.57. The van der Waals surface area contributed by atoms with Crippen LogP contribution < -0.4 is 20.4 Å². The molecule has 4 aromatic rings. The van der Waals surface area contributed by atoms with Gasteiger partial charge in [0.1, 0.15) is 11.4 Å². The molecule has 45 heavy (non-hydrogen) atoms. The maximum Gasteiger partial charge on any atom is 0.253 e. The Morgan fingerprint density at radius 2 is 1.76 bits per heavy atom. The molecule has 3 unspecified atom stereocenters. The molecule has 0 radical (unpaired) electrons. The summed E-state index contributed by atoms with van der Waals surface area (Å²) in [5.74, 6) is 1.23. The predicted octanol–water partition coefficient (Wildman–Crippen LogP) is 5.00. The molecule has 1 saturated carbocycles. The molecule has 2 aromatic heterocycles. The van der Waals surface area contributed by atoms with E-state index in [0.29, 0.717) is 29.6 Å². The molecule has 4 heterocycles. The van der Waals surface area contributed by atoms with E-state index in [1.807, 2.05) is 37.3 Å². The van der Waals surface area contributed by atoms with Gasteiger partial charge in [0.25, 0.3) is 11.8 Å². The van der Waals surface area contributed by atoms with Crippen LogP contribution in [0.15, 0.2) is 71.5 Å². The number of hydrogen-bond acceptors (Lipinski definition) is 7. The molecule has 2 amide bonds. The van der Waals surface area contributed by atoms with Crippen LogP contribution in [-0.4, -0.2) is 73.6 Å². The number of pyridine rings is 1. The fourth-order valence-electron chi connectivity index (χ4n) is 7.44. The minimum absolute atomic E-state index is 0.0412. The predicted molar refractivity (Wildman–Crippen MR) is 177 cm³/mol. The van der Waals surface area contributed by atoms with Crippen molar-refractivity contribution in [3.63, 3.8) is 0 Å². The van der Waals surface area contributed by atoms with Crippen LogP contribution in [0.3, 0.4) is 0 Å². The zero-order valence-corrected chi connectivity index (χ0v) is 26.2. The van der Waals surface area contributed by atoms with Crippen molar-refractivity contribution in [2.24, 2.45) is 5.92 Å². The lowest BCUT2D eigenvalue weighted by Crippen LogP contribution is -2.44. The van der Waals surface area contributed by atoms with Gasteiger partial charge in [-0.3, -0.25) is 9.59 Å². The van der Waals surface area contributed by atoms with Crippen molar-refractivity contribution < 1.29 is 14.0 Å². The smallest absolute Gasteiger partial charge is 0.253 e. The average Bonchev–Trinajstić information content (AvgIpc) is 3.72. The van der Waals surface area contributed by atoms with E-state index < -0.39 is 0 Å². The third-order valence-corrected chi connectivity index (χ3v) is 10.0. The Labute approximate surface area is 264 Å². The normalized spacial score (nSPS) is 22.0. The number of piperidine rings is 1. The highest BCUT2D eigenvalue weighted by Gasteiger charge is 2.41. The van der Waals surface area contributed by atoms with E-state index in [-0.39, 0.29) is 17.9 Å². The highest BCUT2D eigenvalue weighted by Crippen LogP contribution is 2.39. The van der Waals surface area contributed by atoms with Gasteiger partial charge < -0.3 is 29.8 Å². The zero-order chi connectivity index (χ0) is 30.9. The number of hydrogen-bond donors (Lipinski definition) is 2. The molecular formula is C36H42N6O3. The van der Waals surface area contributed by atoms with Crippen LogP contribution in [0.2, 0.25) is 0 Å². The molecule has 2 N–H and O–H groups in total. The van der Waals surface area contributed by atoms with Gasteiger partial charge >= 0.3 is 0 Å². The number of carbonyl (C=O) groups excluding carboxylic acids is 2. The summed E-state index contributed by atoms with van der Waals surface area (Å²) in [6.07, 6.45) is 7.45. The first-order valence-electron chi connectivity index (χ1n) is 16.2. The molecule has 9 nitrogen and oxygen atoms in total. The van der Waals surface area contributed by atoms with Gasteiger partial charge in [0.15, 0.2) is 0 Å². The van der Waals surface area contributed by atoms with Crippen LogP contribution in [0.4, 0.5) is 11.5 Å². The van der Waals surface area contributed by atoms with Crippen molar-refractivity contribution >= 4 is 34.3 Å². The second kappa shape index (κ2) is 12.6. The van der Waals surface area contributed by atoms with E-state index in [9.17, 15) is 9.59 Å². The highest BCUT2D eigenvalue weighted by atomic mass is 16.3. The van der Waals surface area contributed by atoms with E-state index in [4.69, 9.17) is 9.40 Å². The lowest BCUT2D eigenvalue weighted by molar-refractivity contribution is 0.0932. The maximum atomic E-state index is 13.3. The molecular weight excluding hydrogens is 564 g/mol. The Bertz CT molecular complexity index is 1660. The van der Waals surface area contributed by atoms with Crippen molar-refractivity contribution in [1.29, 1.82) is 0 Å². The van der Waals surface area contributed by atoms with E-state index in [1.165, 1.54) is 5.69 Å². The molecule has 2 aliphatic heterocycles. The third-order valence-electron chi connectivity index (χ3n) is 10.0. The van der Waals surface area contributed by atoms with E-state index in [2.05, 4.69) is 56.6 Å². The number of carbonyl (C=O) groups is 2. The number of furan rings is 1. The largest absolute Gasteiger partial charge is 0.464 e. The second-order valence-corrected chi connectivity index (χ2v) is 12.9. The fraction of sp³-hybridized carbons (Fsp3) is 0.417. The van der Waals surface area contributed by atoms with Crippen molar-refractivity contribution in [3.8, 4) is 0 Å². The Balaban J connectivity index is 0.939. The average molecular weight is 607 g/mol. The number of rotatable bonds is 7. The third kappa shape index (κ3) is 6.14. The number of piperazine rings is 1. The second-order valence-electron chi connectivity index (χ2n) is 12.9. The molecule has 1 aliphatic carbocycles. The summed E-state index contributed by atoms with van der Waals surface area (Å²) in [6, 6.07) is 18.5. The van der Waals surface area contributed by atoms with Gasteiger partial charge in [-0.15, -0.1) is 0 Å². The number of benzene rings is 2. The van der Waals surface area contributed by atoms with Crippen LogP contribution >= 0.6 is 0 Å². The van der Waals surface area contributed by atoms with Crippen LogP contribution in [-0.2, 0) is 6.54 Å². The highest BCUT2D eigenvalue weighted by molar-refractivity contribution is 6.00. The number of nitrogens with one attached hydrogen (secondary N) is 2. The monoisotopic (exact) mass is 606 g/mol. The first-order valence-corrected chi connectivity index (χ1v) is 16.2. The molecule has 234 valence electrons. The lowest BCUT2D eigenvalue weighted by atomic mass is 9.92. The molecule has 7 rings (SSSR count). The number of aromatic nitrogens is 1. The van der Waals surface area contributed by atoms with E-state index in [1.54, 1.807) is 12.5 Å². The molecule has 9 heteroatoms. The fourth-order valence-corrected chi connectivity index (χ4v) is 7.44. The van der Waals surface area contributed by atoms with Gasteiger partial charge in [0.2, 0.25) is 0 Å². The van der Waals surface area contributed by atoms with Crippen molar-refractivity contribution in [2.45, 2.75) is 51.2 Å². The number of anilines is 2. The van der Waals surface area contributed by atoms with Gasteiger partial charge in [-0.1, -0.05) is 18.2 Å². The van der Waals surface area contributed by atoms with Gasteiger partial charge in [-0.2, -0.15) is 0 Å². The minimum Gasteiger partial charge on any atom is -0.464 e. The van der Waals surface area contributed by atoms with E-state index in [0.717, 1.165) is 86.3 Å². The molecule has 0 bridgehead atoms. The summed E-state index contributed by atoms with van der Waals surface area (Å²) in [5.41, 5.74) is 5.18. The minimum atomic E-state index is -0.125. The molecule has 2 saturated heterocycles. The van der Waals surface area contributed by atoms with E-state index >= 15 is 0 Å². The first-order chi connectivity index (χ1) is 21.9. The summed E-state index contributed by atoms with van der Waals surface area (Å²) >= 11 is 0. The zero-order valence-electron chi connectivity index (χ0n) is 26.2. The SMILES string of the molecule is Cc1c(C(=O)NC2CC3CCCN(c4ccc(C(=O)NCc5ccc(N6CCN(C)CC6)cc5)cn4)C3C2)ccc2ccoc12. The number of aryl methyl sites for hydroxylation is 1. The molecule has 3 aliphatic rings. The molecule has 3 fully saturated rings. The Morgan fingerprint density at radius 1 is 0.933 bits per heavy atom. The van der Waals surface area contributed by atoms with Gasteiger partial charge in [-0.05, 0) is 87.5 Å². The maximum absolute atomic E-state index is 13.3. The standard InChI is InChI=1S/C36H42N6O3/c1-24-31(11-7-26-13-19-45-34(24)26)36(44)39-29-20-27-4-3-14-42(32(27)21-29)33-12-8-28(23-37-33)35(43)38-22-25-5-9-30(10-6-25)41-17-15-40(2)16-18-41/h5-13,19,23,27,29,32H,3-4,14-18,20-22H2,1-2H3,(H,38,43)(H,39,44). The van der Waals surface area contributed by atoms with Crippen LogP contribution in [0, 0.1) is 12.8 Å². The van der Waals surface area contributed by atoms with Crippen molar-refractivity contribution in [3.05, 3.63) is 89.3 Å². The Morgan fingerprint density at radius 3 is 2.53 bits per heavy atom. The van der Waals surface area contributed by atoms with Crippen molar-refractivity contribution in [2.75, 3.05) is 49.6 Å². The number of nitrogens with zero attached hydrogens (tertiary/aromatic N) is 4. The van der Waals surface area contributed by atoms with Crippen LogP contribution in [0.25, 0.3) is 11.0 Å². The van der Waals surface area contributed by atoms with Crippen molar-refractivity contribution in [1.82, 2.24) is 20.5 Å². The van der Waals surface area contributed by atoms with Gasteiger partial charge in [0, 0.05) is 79.7 Å². The first kappa shape index (κ1) is 29.3. The van der Waals surface area contributed by atoms with Gasteiger partial charge in [0.05, 0.1) is 11.8 Å². The van der Waals surface area contributed by atoms with Crippen LogP contribution in [0.5, 0.6) is 0 Å². The number of likely N-dealkylation sites (N-methyl/N-ethyl adjacent to an activating group) is 1. The Kier molecular flexibility index (Phi) is 8.19. The van der Waals surface area contributed by atoms with Crippen LogP contribution in [0.1, 0.15) is 57.5 Å². The number of fused-ring (bicyclic) bond motifs is 2. The number of amides is 2. The van der Waals surface area contributed by atoms with Gasteiger partial charge in [-0.25, -0.2) is 4.98 Å². The molecule has 2 aromatic carbocycles. The molecule has 3 atom stereocenters. The summed E-state index contributed by atoms with van der Waals surface area (Å²) in [4.78, 5) is 38.1. The summed E-state index contributed by atoms with van der Waals surface area (Å²) < 4.78 is 5.61.